The molecule has 9 rings (SSSR count). The van der Waals surface area contributed by atoms with E-state index in [9.17, 15) is 8.42 Å². The smallest absolute Gasteiger partial charge is 0.210 e. The zero-order valence-corrected chi connectivity index (χ0v) is 24.7. The van der Waals surface area contributed by atoms with Gasteiger partial charge in [0.15, 0.2) is 0 Å². The van der Waals surface area contributed by atoms with Crippen LogP contribution in [-0.4, -0.2) is 27.5 Å². The van der Waals surface area contributed by atoms with E-state index in [-0.39, 0.29) is 9.79 Å². The highest BCUT2D eigenvalue weighted by Crippen LogP contribution is 2.43. The monoisotopic (exact) mass is 600 g/mol. The van der Waals surface area contributed by atoms with Gasteiger partial charge in [-0.05, 0) is 59.7 Å². The van der Waals surface area contributed by atoms with Gasteiger partial charge in [-0.15, -0.1) is 0 Å². The Labute approximate surface area is 259 Å². The third-order valence-electron chi connectivity index (χ3n) is 8.50. The van der Waals surface area contributed by atoms with Crippen molar-refractivity contribution in [1.29, 1.82) is 0 Å². The van der Waals surface area contributed by atoms with Crippen molar-refractivity contribution in [2.75, 3.05) is 0 Å². The number of sulfone groups is 1. The van der Waals surface area contributed by atoms with E-state index in [4.69, 9.17) is 9.97 Å². The summed E-state index contributed by atoms with van der Waals surface area (Å²) in [5.74, 6) is 1.56. The number of para-hydroxylation sites is 4. The number of imidazole rings is 2. The SMILES string of the molecule is O=S1(=O)c2cc(-c3ccc(-c4nc5ccccc5n4-c4ccccc4)cc3)ccc2-n2c(-c3ccccc3)nc3cccc1c32. The van der Waals surface area contributed by atoms with Gasteiger partial charge in [0.2, 0.25) is 9.84 Å². The molecule has 6 aromatic carbocycles. The average Bonchev–Trinajstić information content (AvgIpc) is 3.68. The van der Waals surface area contributed by atoms with E-state index in [0.717, 1.165) is 44.8 Å². The molecule has 8 aromatic rings. The summed E-state index contributed by atoms with van der Waals surface area (Å²) in [4.78, 5) is 10.4. The first-order valence-corrected chi connectivity index (χ1v) is 16.2. The van der Waals surface area contributed by atoms with Gasteiger partial charge in [-0.2, -0.15) is 0 Å². The zero-order chi connectivity index (χ0) is 30.1. The molecular formula is C38H24N4O2S. The van der Waals surface area contributed by atoms with Crippen molar-refractivity contribution in [2.45, 2.75) is 9.79 Å². The number of nitrogens with zero attached hydrogens (tertiary/aromatic N) is 4. The van der Waals surface area contributed by atoms with Gasteiger partial charge in [0.25, 0.3) is 0 Å². The van der Waals surface area contributed by atoms with Crippen molar-refractivity contribution in [3.05, 3.63) is 146 Å². The molecule has 3 heterocycles. The first-order valence-electron chi connectivity index (χ1n) is 14.7. The van der Waals surface area contributed by atoms with Crippen LogP contribution in [0.3, 0.4) is 0 Å². The van der Waals surface area contributed by atoms with Crippen molar-refractivity contribution in [1.82, 2.24) is 19.1 Å². The summed E-state index contributed by atoms with van der Waals surface area (Å²) in [7, 11) is -3.78. The first kappa shape index (κ1) is 25.7. The van der Waals surface area contributed by atoms with Crippen molar-refractivity contribution < 1.29 is 8.42 Å². The lowest BCUT2D eigenvalue weighted by Crippen LogP contribution is -2.15. The van der Waals surface area contributed by atoms with Crippen LogP contribution in [0.15, 0.2) is 155 Å². The Morgan fingerprint density at radius 1 is 0.467 bits per heavy atom. The quantitative estimate of drug-likeness (QED) is 0.203. The van der Waals surface area contributed by atoms with Crippen molar-refractivity contribution in [2.24, 2.45) is 0 Å². The Morgan fingerprint density at radius 2 is 1.07 bits per heavy atom. The van der Waals surface area contributed by atoms with Crippen molar-refractivity contribution in [3.63, 3.8) is 0 Å². The van der Waals surface area contributed by atoms with Crippen LogP contribution in [0.2, 0.25) is 0 Å². The molecule has 0 unspecified atom stereocenters. The Morgan fingerprint density at radius 3 is 1.87 bits per heavy atom. The average molecular weight is 601 g/mol. The van der Waals surface area contributed by atoms with Gasteiger partial charge in [0.1, 0.15) is 11.6 Å². The maximum atomic E-state index is 14.1. The zero-order valence-electron chi connectivity index (χ0n) is 23.9. The lowest BCUT2D eigenvalue weighted by molar-refractivity contribution is 0.594. The molecular weight excluding hydrogens is 577 g/mol. The minimum absolute atomic E-state index is 0.269. The summed E-state index contributed by atoms with van der Waals surface area (Å²) >= 11 is 0. The van der Waals surface area contributed by atoms with Crippen LogP contribution in [0.4, 0.5) is 0 Å². The maximum absolute atomic E-state index is 14.1. The van der Waals surface area contributed by atoms with Crippen LogP contribution in [0, 0.1) is 0 Å². The molecule has 2 aromatic heterocycles. The molecule has 0 radical (unpaired) electrons. The third-order valence-corrected chi connectivity index (χ3v) is 10.3. The molecule has 0 spiro atoms. The number of rotatable bonds is 4. The molecule has 0 amide bonds. The van der Waals surface area contributed by atoms with Gasteiger partial charge in [-0.25, -0.2) is 18.4 Å². The van der Waals surface area contributed by atoms with Crippen LogP contribution in [-0.2, 0) is 9.84 Å². The van der Waals surface area contributed by atoms with Gasteiger partial charge < -0.3 is 0 Å². The lowest BCUT2D eigenvalue weighted by atomic mass is 10.0. The standard InChI is InChI=1S/C38H24N4O2S/c43-45(44)34-17-9-15-31-36(34)42(38(40-31)26-10-3-1-4-11-26)33-23-22-28(24-35(33)45)25-18-20-27(21-19-25)37-39-30-14-7-8-16-32(30)41(37)29-12-5-2-6-13-29/h1-24H. The Kier molecular flexibility index (Phi) is 5.48. The van der Waals surface area contributed by atoms with E-state index >= 15 is 0 Å². The highest BCUT2D eigenvalue weighted by atomic mass is 32.2. The molecule has 0 bridgehead atoms. The van der Waals surface area contributed by atoms with Gasteiger partial charge in [0.05, 0.1) is 37.5 Å². The van der Waals surface area contributed by atoms with E-state index in [0.29, 0.717) is 22.5 Å². The fraction of sp³-hybridized carbons (Fsp3) is 0. The normalized spacial score (nSPS) is 13.2. The number of hydrogen-bond acceptors (Lipinski definition) is 4. The summed E-state index contributed by atoms with van der Waals surface area (Å²) < 4.78 is 32.3. The van der Waals surface area contributed by atoms with E-state index in [1.54, 1.807) is 18.2 Å². The van der Waals surface area contributed by atoms with Crippen molar-refractivity contribution >= 4 is 31.9 Å². The maximum Gasteiger partial charge on any atom is 0.210 e. The van der Waals surface area contributed by atoms with E-state index in [1.807, 2.05) is 114 Å². The molecule has 0 fully saturated rings. The molecule has 0 N–H and O–H groups in total. The summed E-state index contributed by atoms with van der Waals surface area (Å²) in [6.07, 6.45) is 0. The topological polar surface area (TPSA) is 69.8 Å². The Hall–Kier alpha value is -5.79. The molecule has 0 saturated carbocycles. The summed E-state index contributed by atoms with van der Waals surface area (Å²) in [6.45, 7) is 0. The molecule has 0 aliphatic carbocycles. The van der Waals surface area contributed by atoms with E-state index in [2.05, 4.69) is 22.8 Å². The van der Waals surface area contributed by atoms with Crippen LogP contribution < -0.4 is 0 Å². The Balaban J connectivity index is 1.18. The summed E-state index contributed by atoms with van der Waals surface area (Å²) in [5, 5.41) is 0. The molecule has 0 atom stereocenters. The second-order valence-corrected chi connectivity index (χ2v) is 13.0. The molecule has 1 aliphatic rings. The number of aromatic nitrogens is 4. The first-order chi connectivity index (χ1) is 22.1. The molecule has 0 saturated heterocycles. The third kappa shape index (κ3) is 3.84. The summed E-state index contributed by atoms with van der Waals surface area (Å²) in [5.41, 5.74) is 8.48. The number of fused-ring (bicyclic) bond motifs is 3. The van der Waals surface area contributed by atoms with Crippen LogP contribution >= 0.6 is 0 Å². The number of benzene rings is 6. The molecule has 7 heteroatoms. The van der Waals surface area contributed by atoms with Crippen LogP contribution in [0.5, 0.6) is 0 Å². The second kappa shape index (κ2) is 9.61. The molecule has 1 aliphatic heterocycles. The minimum Gasteiger partial charge on any atom is -0.292 e. The molecule has 214 valence electrons. The van der Waals surface area contributed by atoms with Gasteiger partial charge in [0, 0.05) is 16.8 Å². The molecule has 6 nitrogen and oxygen atoms in total. The van der Waals surface area contributed by atoms with Crippen molar-refractivity contribution in [3.8, 4) is 45.3 Å². The van der Waals surface area contributed by atoms with Gasteiger partial charge in [-0.3, -0.25) is 9.13 Å². The van der Waals surface area contributed by atoms with Crippen LogP contribution in [0.1, 0.15) is 0 Å². The second-order valence-electron chi connectivity index (χ2n) is 11.1. The largest absolute Gasteiger partial charge is 0.292 e. The predicted molar refractivity (Wildman–Crippen MR) is 177 cm³/mol. The van der Waals surface area contributed by atoms with Crippen LogP contribution in [0.25, 0.3) is 67.3 Å². The van der Waals surface area contributed by atoms with Gasteiger partial charge in [-0.1, -0.05) is 97.1 Å². The Bertz CT molecular complexity index is 2530. The highest BCUT2D eigenvalue weighted by molar-refractivity contribution is 7.92. The van der Waals surface area contributed by atoms with Gasteiger partial charge >= 0.3 is 0 Å². The fourth-order valence-electron chi connectivity index (χ4n) is 6.41. The highest BCUT2D eigenvalue weighted by Gasteiger charge is 2.34. The molecule has 45 heavy (non-hydrogen) atoms. The minimum atomic E-state index is -3.78. The lowest BCUT2D eigenvalue weighted by Gasteiger charge is -2.22. The van der Waals surface area contributed by atoms with E-state index < -0.39 is 9.84 Å². The number of hydrogen-bond donors (Lipinski definition) is 0. The van der Waals surface area contributed by atoms with E-state index in [1.165, 1.54) is 0 Å². The summed E-state index contributed by atoms with van der Waals surface area (Å²) in [6, 6.07) is 47.3. The fourth-order valence-corrected chi connectivity index (χ4v) is 8.07. The predicted octanol–water partition coefficient (Wildman–Crippen LogP) is 8.51.